The van der Waals surface area contributed by atoms with Gasteiger partial charge in [-0.2, -0.15) is 0 Å². The Morgan fingerprint density at radius 1 is 1.40 bits per heavy atom. The van der Waals surface area contributed by atoms with E-state index in [-0.39, 0.29) is 53.7 Å². The SMILES string of the molecule is [2H]c1c(OS(=O)(=O)[O-])ccc2c3c(ccc12)[C@@H]1CC([2H])([2H])[C@H](O)[C@@]1(C)CC3.[Na+]. The van der Waals surface area contributed by atoms with Crippen LogP contribution in [-0.4, -0.2) is 24.2 Å². The molecule has 2 aromatic carbocycles. The van der Waals surface area contributed by atoms with E-state index in [1.54, 1.807) is 12.1 Å². The maximum absolute atomic E-state index is 10.9. The number of hydrogen-bond donors (Lipinski definition) is 1. The van der Waals surface area contributed by atoms with Gasteiger partial charge in [0.1, 0.15) is 5.75 Å². The quantitative estimate of drug-likeness (QED) is 0.450. The second kappa shape index (κ2) is 6.51. The predicted octanol–water partition coefficient (Wildman–Crippen LogP) is -0.126. The summed E-state index contributed by atoms with van der Waals surface area (Å²) in [5.74, 6) is -0.450. The number of aliphatic hydroxyl groups excluding tert-OH is 1. The maximum atomic E-state index is 10.9. The zero-order valence-electron chi connectivity index (χ0n) is 17.1. The molecule has 4 rings (SSSR count). The van der Waals surface area contributed by atoms with Gasteiger partial charge in [-0.15, -0.1) is 0 Å². The molecule has 5 nitrogen and oxygen atoms in total. The fourth-order valence-electron chi connectivity index (χ4n) is 4.14. The predicted molar refractivity (Wildman–Crippen MR) is 88.7 cm³/mol. The molecule has 0 unspecified atom stereocenters. The summed E-state index contributed by atoms with van der Waals surface area (Å²) in [7, 11) is -4.96. The van der Waals surface area contributed by atoms with Crippen LogP contribution in [0.3, 0.4) is 0 Å². The van der Waals surface area contributed by atoms with Crippen molar-refractivity contribution in [2.24, 2.45) is 5.41 Å². The van der Waals surface area contributed by atoms with Crippen LogP contribution in [0.4, 0.5) is 0 Å². The van der Waals surface area contributed by atoms with Gasteiger partial charge in [-0.1, -0.05) is 25.1 Å². The summed E-state index contributed by atoms with van der Waals surface area (Å²) >= 11 is 0. The summed E-state index contributed by atoms with van der Waals surface area (Å²) in [6.45, 7) is 1.92. The number of rotatable bonds is 2. The minimum atomic E-state index is -4.96. The van der Waals surface area contributed by atoms with E-state index in [1.807, 2.05) is 13.0 Å². The second-order valence-electron chi connectivity index (χ2n) is 6.78. The van der Waals surface area contributed by atoms with E-state index in [0.29, 0.717) is 18.2 Å². The monoisotopic (exact) mass is 373 g/mol. The number of aryl methyl sites for hydroxylation is 1. The van der Waals surface area contributed by atoms with Crippen LogP contribution in [0.25, 0.3) is 10.8 Å². The van der Waals surface area contributed by atoms with E-state index in [1.165, 1.54) is 6.07 Å². The van der Waals surface area contributed by atoms with Crippen molar-refractivity contribution in [1.82, 2.24) is 0 Å². The molecular weight excluding hydrogens is 351 g/mol. The van der Waals surface area contributed by atoms with Crippen molar-refractivity contribution >= 4 is 21.2 Å². The van der Waals surface area contributed by atoms with Gasteiger partial charge in [0, 0.05) is 8.16 Å². The first-order chi connectivity index (χ1) is 12.4. The molecule has 1 fully saturated rings. The summed E-state index contributed by atoms with van der Waals surface area (Å²) in [4.78, 5) is 0. The molecule has 128 valence electrons. The summed E-state index contributed by atoms with van der Waals surface area (Å²) in [6.07, 6.45) is -1.23. The van der Waals surface area contributed by atoms with Crippen LogP contribution in [0.1, 0.15) is 47.3 Å². The number of hydrogen-bond acceptors (Lipinski definition) is 5. The van der Waals surface area contributed by atoms with E-state index >= 15 is 0 Å². The molecule has 2 aromatic rings. The van der Waals surface area contributed by atoms with Crippen LogP contribution < -0.4 is 33.7 Å². The van der Waals surface area contributed by atoms with Crippen molar-refractivity contribution in [2.75, 3.05) is 0 Å². The molecule has 1 N–H and O–H groups in total. The van der Waals surface area contributed by atoms with Gasteiger partial charge in [0.25, 0.3) is 10.4 Å². The Morgan fingerprint density at radius 2 is 2.16 bits per heavy atom. The van der Waals surface area contributed by atoms with E-state index < -0.39 is 28.3 Å². The van der Waals surface area contributed by atoms with Gasteiger partial charge in [-0.3, -0.25) is 0 Å². The molecule has 0 bridgehead atoms. The topological polar surface area (TPSA) is 86.7 Å². The molecule has 1 saturated carbocycles. The summed E-state index contributed by atoms with van der Waals surface area (Å²) < 4.78 is 61.4. The molecule has 2 aliphatic rings. The minimum absolute atomic E-state index is 0. The molecule has 0 saturated heterocycles. The molecular formula is C18H19NaO5S. The van der Waals surface area contributed by atoms with Gasteiger partial charge in [0.15, 0.2) is 0 Å². The number of fused-ring (bicyclic) bond motifs is 5. The Balaban J connectivity index is 0.00000225. The van der Waals surface area contributed by atoms with Gasteiger partial charge in [0.05, 0.1) is 7.47 Å². The van der Waals surface area contributed by atoms with Crippen molar-refractivity contribution in [1.29, 1.82) is 0 Å². The van der Waals surface area contributed by atoms with Gasteiger partial charge >= 0.3 is 29.6 Å². The molecule has 0 aromatic heterocycles. The molecule has 0 spiro atoms. The Bertz CT molecular complexity index is 1060. The Hall–Kier alpha value is -0.630. The van der Waals surface area contributed by atoms with Crippen molar-refractivity contribution < 1.29 is 55.9 Å². The van der Waals surface area contributed by atoms with E-state index in [9.17, 15) is 18.1 Å². The molecule has 3 atom stereocenters. The third kappa shape index (κ3) is 3.24. The van der Waals surface area contributed by atoms with Gasteiger partial charge in [-0.25, -0.2) is 8.42 Å². The molecule has 0 radical (unpaired) electrons. The average molecular weight is 373 g/mol. The summed E-state index contributed by atoms with van der Waals surface area (Å²) in [5.41, 5.74) is 1.39. The van der Waals surface area contributed by atoms with Crippen LogP contribution in [-0.2, 0) is 16.8 Å². The first-order valence-electron chi connectivity index (χ1n) is 9.32. The fourth-order valence-corrected chi connectivity index (χ4v) is 4.45. The molecule has 0 heterocycles. The van der Waals surface area contributed by atoms with Gasteiger partial charge in [-0.05, 0) is 65.6 Å². The zero-order valence-corrected chi connectivity index (χ0v) is 16.9. The van der Waals surface area contributed by atoms with Crippen LogP contribution in [0.2, 0.25) is 0 Å². The van der Waals surface area contributed by atoms with Crippen LogP contribution in [0.5, 0.6) is 5.75 Å². The number of aliphatic hydroxyl groups is 1. The zero-order chi connectivity index (χ0) is 19.8. The normalized spacial score (nSPS) is 31.9. The summed E-state index contributed by atoms with van der Waals surface area (Å²) in [6, 6.07) is 6.26. The van der Waals surface area contributed by atoms with E-state index in [4.69, 9.17) is 4.11 Å². The Kier molecular flexibility index (Phi) is 4.02. The van der Waals surface area contributed by atoms with Crippen molar-refractivity contribution in [3.8, 4) is 5.75 Å². The summed E-state index contributed by atoms with van der Waals surface area (Å²) in [5, 5.41) is 11.8. The van der Waals surface area contributed by atoms with Crippen molar-refractivity contribution in [2.45, 2.75) is 44.6 Å². The van der Waals surface area contributed by atoms with Gasteiger partial charge < -0.3 is 13.8 Å². The van der Waals surface area contributed by atoms with Crippen molar-refractivity contribution in [3.05, 3.63) is 41.4 Å². The Labute approximate surface area is 173 Å². The Morgan fingerprint density at radius 3 is 2.88 bits per heavy atom. The smallest absolute Gasteiger partial charge is 0.716 e. The van der Waals surface area contributed by atoms with Crippen molar-refractivity contribution in [3.63, 3.8) is 0 Å². The largest absolute Gasteiger partial charge is 1.00 e. The first-order valence-corrected chi connectivity index (χ1v) is 9.16. The molecule has 0 amide bonds. The second-order valence-corrected chi connectivity index (χ2v) is 7.76. The minimum Gasteiger partial charge on any atom is -0.716 e. The molecule has 2 aliphatic carbocycles. The van der Waals surface area contributed by atoms with Gasteiger partial charge in [0.2, 0.25) is 0 Å². The van der Waals surface area contributed by atoms with Crippen LogP contribution in [0, 0.1) is 5.41 Å². The molecule has 7 heteroatoms. The van der Waals surface area contributed by atoms with Crippen LogP contribution >= 0.6 is 0 Å². The average Bonchev–Trinajstić information content (AvgIpc) is 2.76. The fraction of sp³-hybridized carbons (Fsp3) is 0.444. The standard InChI is InChI=1S/C18H20O5S.Na/c1-18-9-8-14-13-5-3-12(23-24(20,21)22)10-11(13)2-4-15(14)16(18)6-7-17(18)19;/h2-5,10,16-17,19H,6-9H2,1H3,(H,20,21,22);/q;+1/p-1/t16-,17-,18-;/m0./s1/i7D2,10D;. The molecule has 25 heavy (non-hydrogen) atoms. The first kappa shape index (κ1) is 15.4. The third-order valence-corrected chi connectivity index (χ3v) is 5.85. The van der Waals surface area contributed by atoms with Crippen LogP contribution in [0.15, 0.2) is 30.3 Å². The van der Waals surface area contributed by atoms with E-state index in [2.05, 4.69) is 4.18 Å². The van der Waals surface area contributed by atoms with E-state index in [0.717, 1.165) is 16.5 Å². The number of benzene rings is 2. The maximum Gasteiger partial charge on any atom is 1.00 e. The third-order valence-electron chi connectivity index (χ3n) is 5.47. The molecule has 0 aliphatic heterocycles.